The van der Waals surface area contributed by atoms with E-state index in [1.165, 1.54) is 5.56 Å². The third-order valence-electron chi connectivity index (χ3n) is 7.09. The Morgan fingerprint density at radius 3 is 2.16 bits per heavy atom. The van der Waals surface area contributed by atoms with Gasteiger partial charge in [-0.2, -0.15) is 0 Å². The molecule has 2 rings (SSSR count). The number of carbonyl (C=O) groups is 1. The molecule has 208 valence electrons. The van der Waals surface area contributed by atoms with Crippen LogP contribution in [0.2, 0.25) is 0 Å². The van der Waals surface area contributed by atoms with Crippen LogP contribution in [0.4, 0.5) is 0 Å². The second-order valence-electron chi connectivity index (χ2n) is 13.8. The number of phenols is 1. The smallest absolute Gasteiger partial charge is 0.245 e. The van der Waals surface area contributed by atoms with Crippen LogP contribution in [-0.2, 0) is 15.6 Å². The first-order chi connectivity index (χ1) is 16.8. The maximum atomic E-state index is 12.8. The number of benzene rings is 1. The Morgan fingerprint density at radius 1 is 1.05 bits per heavy atom. The summed E-state index contributed by atoms with van der Waals surface area (Å²) in [5, 5.41) is 18.4. The standard InChI is InChI=1S/C30H50N4O2S/c1-28(2,3)20-16-19(24(35)21(17-20)29(4,5)6)18-31-22-14-12-13-15-23(22)32-27(37)33-25(30(7,8)9)26(36)34(10)11/h16-18,22-23,25,35H,12-15H2,1-11H3,(H2,32,33,37)/t22-,23-,25+/m1/s1. The molecule has 37 heavy (non-hydrogen) atoms. The Balaban J connectivity index is 2.29. The molecule has 0 heterocycles. The lowest BCUT2D eigenvalue weighted by Crippen LogP contribution is -2.57. The van der Waals surface area contributed by atoms with E-state index in [-0.39, 0.29) is 34.2 Å². The topological polar surface area (TPSA) is 77.0 Å². The largest absolute Gasteiger partial charge is 0.507 e. The van der Waals surface area contributed by atoms with Gasteiger partial charge in [-0.3, -0.25) is 9.79 Å². The van der Waals surface area contributed by atoms with Crippen molar-refractivity contribution in [2.24, 2.45) is 10.4 Å². The van der Waals surface area contributed by atoms with E-state index in [0.29, 0.717) is 10.9 Å². The summed E-state index contributed by atoms with van der Waals surface area (Å²) in [5.41, 5.74) is 2.34. The highest BCUT2D eigenvalue weighted by Crippen LogP contribution is 2.37. The summed E-state index contributed by atoms with van der Waals surface area (Å²) in [5.74, 6) is 0.302. The Bertz CT molecular complexity index is 997. The minimum atomic E-state index is -0.430. The fourth-order valence-electron chi connectivity index (χ4n) is 4.64. The number of rotatable bonds is 5. The van der Waals surface area contributed by atoms with Crippen LogP contribution in [-0.4, -0.2) is 59.5 Å². The predicted octanol–water partition coefficient (Wildman–Crippen LogP) is 5.68. The van der Waals surface area contributed by atoms with Gasteiger partial charge in [-0.05, 0) is 52.9 Å². The van der Waals surface area contributed by atoms with Gasteiger partial charge in [0.15, 0.2) is 5.11 Å². The molecule has 3 N–H and O–H groups in total. The Kier molecular flexibility index (Phi) is 9.83. The van der Waals surface area contributed by atoms with Crippen molar-refractivity contribution < 1.29 is 9.90 Å². The molecule has 6 nitrogen and oxygen atoms in total. The first kappa shape index (κ1) is 31.1. The van der Waals surface area contributed by atoms with Crippen LogP contribution in [0, 0.1) is 5.41 Å². The maximum Gasteiger partial charge on any atom is 0.245 e. The number of nitrogens with one attached hydrogen (secondary N) is 2. The molecular formula is C30H50N4O2S. The fourth-order valence-corrected chi connectivity index (χ4v) is 4.91. The monoisotopic (exact) mass is 530 g/mol. The van der Waals surface area contributed by atoms with Crippen molar-refractivity contribution in [1.29, 1.82) is 0 Å². The summed E-state index contributed by atoms with van der Waals surface area (Å²) in [4.78, 5) is 19.4. The van der Waals surface area contributed by atoms with Crippen molar-refractivity contribution in [2.45, 2.75) is 117 Å². The van der Waals surface area contributed by atoms with Crippen molar-refractivity contribution in [3.05, 3.63) is 28.8 Å². The molecule has 1 saturated carbocycles. The van der Waals surface area contributed by atoms with Crippen LogP contribution in [0.5, 0.6) is 5.75 Å². The molecule has 1 fully saturated rings. The zero-order valence-electron chi connectivity index (χ0n) is 25.0. The van der Waals surface area contributed by atoms with Gasteiger partial charge in [-0.25, -0.2) is 0 Å². The second kappa shape index (κ2) is 11.7. The van der Waals surface area contributed by atoms with E-state index < -0.39 is 6.04 Å². The molecular weight excluding hydrogens is 480 g/mol. The number of hydrogen-bond acceptors (Lipinski definition) is 4. The number of phenolic OH excluding ortho intramolecular Hbond substituents is 1. The Morgan fingerprint density at radius 2 is 1.65 bits per heavy atom. The molecule has 1 amide bonds. The summed E-state index contributed by atoms with van der Waals surface area (Å²) >= 11 is 5.67. The number of thiocarbonyl (C=S) groups is 1. The van der Waals surface area contributed by atoms with Gasteiger partial charge in [0.25, 0.3) is 0 Å². The number of amides is 1. The van der Waals surface area contributed by atoms with E-state index in [2.05, 4.69) is 64.3 Å². The van der Waals surface area contributed by atoms with E-state index in [4.69, 9.17) is 17.2 Å². The van der Waals surface area contributed by atoms with E-state index >= 15 is 0 Å². The summed E-state index contributed by atoms with van der Waals surface area (Å²) in [6.07, 6.45) is 5.94. The lowest BCUT2D eigenvalue weighted by Gasteiger charge is -2.35. The van der Waals surface area contributed by atoms with Crippen LogP contribution in [0.25, 0.3) is 0 Å². The molecule has 0 aliphatic heterocycles. The van der Waals surface area contributed by atoms with Crippen molar-refractivity contribution in [3.63, 3.8) is 0 Å². The molecule has 1 aliphatic rings. The molecule has 0 aromatic heterocycles. The van der Waals surface area contributed by atoms with E-state index in [1.807, 2.05) is 27.0 Å². The van der Waals surface area contributed by atoms with Gasteiger partial charge < -0.3 is 20.6 Å². The number of nitrogens with zero attached hydrogens (tertiary/aromatic N) is 2. The van der Waals surface area contributed by atoms with Gasteiger partial charge in [-0.1, -0.05) is 81.2 Å². The summed E-state index contributed by atoms with van der Waals surface area (Å²) in [7, 11) is 3.53. The first-order valence-corrected chi connectivity index (χ1v) is 13.9. The molecule has 0 radical (unpaired) electrons. The molecule has 0 bridgehead atoms. The number of aromatic hydroxyl groups is 1. The van der Waals surface area contributed by atoms with Gasteiger partial charge in [0.1, 0.15) is 11.8 Å². The van der Waals surface area contributed by atoms with Crippen LogP contribution in [0.15, 0.2) is 17.1 Å². The Hall–Kier alpha value is -2.15. The molecule has 1 aromatic carbocycles. The van der Waals surface area contributed by atoms with E-state index in [1.54, 1.807) is 19.0 Å². The fraction of sp³-hybridized carbons (Fsp3) is 0.700. The average Bonchev–Trinajstić information content (AvgIpc) is 2.74. The van der Waals surface area contributed by atoms with Crippen molar-refractivity contribution in [2.75, 3.05) is 14.1 Å². The molecule has 1 aromatic rings. The third kappa shape index (κ3) is 8.42. The number of aliphatic imine (C=N–C) groups is 1. The highest BCUT2D eigenvalue weighted by molar-refractivity contribution is 7.80. The lowest BCUT2D eigenvalue weighted by atomic mass is 9.79. The van der Waals surface area contributed by atoms with Crippen LogP contribution >= 0.6 is 12.2 Å². The molecule has 0 spiro atoms. The highest BCUT2D eigenvalue weighted by atomic mass is 32.1. The van der Waals surface area contributed by atoms with Crippen molar-refractivity contribution in [1.82, 2.24) is 15.5 Å². The minimum Gasteiger partial charge on any atom is -0.507 e. The number of likely N-dealkylation sites (N-methyl/N-ethyl adjacent to an activating group) is 1. The normalized spacial score (nSPS) is 20.0. The molecule has 0 unspecified atom stereocenters. The maximum absolute atomic E-state index is 12.8. The summed E-state index contributed by atoms with van der Waals surface area (Å²) in [6, 6.07) is 3.85. The van der Waals surface area contributed by atoms with Crippen molar-refractivity contribution >= 4 is 29.5 Å². The predicted molar refractivity (Wildman–Crippen MR) is 160 cm³/mol. The van der Waals surface area contributed by atoms with E-state index in [0.717, 1.165) is 36.8 Å². The number of carbonyl (C=O) groups excluding carboxylic acids is 1. The van der Waals surface area contributed by atoms with Gasteiger partial charge in [0.05, 0.1) is 12.1 Å². The molecule has 3 atom stereocenters. The van der Waals surface area contributed by atoms with Crippen LogP contribution in [0.1, 0.15) is 105 Å². The Labute approximate surface area is 230 Å². The third-order valence-corrected chi connectivity index (χ3v) is 7.33. The first-order valence-electron chi connectivity index (χ1n) is 13.5. The summed E-state index contributed by atoms with van der Waals surface area (Å²) in [6.45, 7) is 19.0. The van der Waals surface area contributed by atoms with Gasteiger partial charge >= 0.3 is 0 Å². The molecule has 0 saturated heterocycles. The quantitative estimate of drug-likeness (QED) is 0.337. The van der Waals surface area contributed by atoms with E-state index in [9.17, 15) is 9.90 Å². The van der Waals surface area contributed by atoms with Crippen LogP contribution in [0.3, 0.4) is 0 Å². The van der Waals surface area contributed by atoms with Gasteiger partial charge in [-0.15, -0.1) is 0 Å². The lowest BCUT2D eigenvalue weighted by molar-refractivity contribution is -0.133. The van der Waals surface area contributed by atoms with Gasteiger partial charge in [0, 0.05) is 31.4 Å². The van der Waals surface area contributed by atoms with Crippen molar-refractivity contribution in [3.8, 4) is 5.75 Å². The number of hydrogen-bond donors (Lipinski definition) is 3. The second-order valence-corrected chi connectivity index (χ2v) is 14.3. The molecule has 1 aliphatic carbocycles. The zero-order valence-corrected chi connectivity index (χ0v) is 25.8. The SMILES string of the molecule is CN(C)C(=O)[C@H](NC(=S)N[C@@H]1CCCC[C@H]1N=Cc1cc(C(C)(C)C)cc(C(C)(C)C)c1O)C(C)(C)C. The van der Waals surface area contributed by atoms with Crippen LogP contribution < -0.4 is 10.6 Å². The molecule has 7 heteroatoms. The zero-order chi connectivity index (χ0) is 28.3. The average molecular weight is 531 g/mol. The summed E-state index contributed by atoms with van der Waals surface area (Å²) < 4.78 is 0. The minimum absolute atomic E-state index is 0.00118. The van der Waals surface area contributed by atoms with Gasteiger partial charge in [0.2, 0.25) is 5.91 Å². The highest BCUT2D eigenvalue weighted by Gasteiger charge is 2.34.